The first-order valence-corrected chi connectivity index (χ1v) is 7.12. The lowest BCUT2D eigenvalue weighted by atomic mass is 10.2. The lowest BCUT2D eigenvalue weighted by Gasteiger charge is -2.24. The highest BCUT2D eigenvalue weighted by Crippen LogP contribution is 2.12. The van der Waals surface area contributed by atoms with Crippen LogP contribution >= 0.6 is 15.9 Å². The largest absolute Gasteiger partial charge is 0.444 e. The van der Waals surface area contributed by atoms with Crippen LogP contribution in [0.5, 0.6) is 0 Å². The van der Waals surface area contributed by atoms with Crippen molar-refractivity contribution in [3.63, 3.8) is 0 Å². The third-order valence-corrected chi connectivity index (χ3v) is 2.36. The van der Waals surface area contributed by atoms with E-state index in [-0.39, 0.29) is 6.09 Å². The first-order valence-electron chi connectivity index (χ1n) is 6.32. The Hall–Kier alpha value is -1.10. The van der Waals surface area contributed by atoms with Gasteiger partial charge in [-0.05, 0) is 48.8 Å². The smallest absolute Gasteiger partial charge is 0.410 e. The number of carbonyl (C=O) groups excluding carboxylic acids is 1. The average molecular weight is 331 g/mol. The van der Waals surface area contributed by atoms with Crippen molar-refractivity contribution in [3.05, 3.63) is 28.5 Å². The number of rotatable bonds is 2. The molecule has 0 spiro atoms. The zero-order valence-electron chi connectivity index (χ0n) is 12.5. The molecule has 1 aromatic rings. The summed E-state index contributed by atoms with van der Waals surface area (Å²) in [4.78, 5) is 17.4. The minimum atomic E-state index is -0.474. The molecule has 0 aliphatic rings. The highest BCUT2D eigenvalue weighted by molar-refractivity contribution is 9.10. The summed E-state index contributed by atoms with van der Waals surface area (Å²) in [5.41, 5.74) is 0.347. The summed E-state index contributed by atoms with van der Waals surface area (Å²) in [6.45, 7) is 9.96. The van der Waals surface area contributed by atoms with Gasteiger partial charge < -0.3 is 9.64 Å². The number of aromatic nitrogens is 1. The number of hydrogen-bond donors (Lipinski definition) is 0. The lowest BCUT2D eigenvalue weighted by molar-refractivity contribution is 0.0283. The molecule has 108 valence electrons. The number of ether oxygens (including phenoxy) is 1. The molecule has 4 nitrogen and oxygen atoms in total. The molecule has 0 aliphatic carbocycles. The van der Waals surface area contributed by atoms with Crippen molar-refractivity contribution in [2.24, 2.45) is 0 Å². The van der Waals surface area contributed by atoms with Gasteiger partial charge in [0.25, 0.3) is 0 Å². The van der Waals surface area contributed by atoms with Crippen LogP contribution < -0.4 is 0 Å². The zero-order chi connectivity index (χ0) is 15.1. The van der Waals surface area contributed by atoms with Crippen LogP contribution in [0.15, 0.2) is 22.8 Å². The molecular formula is C14H23BrN2O2. The standard InChI is InChI=1S/C12H17BrN2O2.C2H6/c1-12(2,3)17-11(16)15(4)8-10-6-5-9(13)7-14-10;1-2/h5-7H,8H2,1-4H3;1-2H3. The first kappa shape index (κ1) is 17.9. The van der Waals surface area contributed by atoms with Crippen molar-refractivity contribution in [2.45, 2.75) is 46.8 Å². The van der Waals surface area contributed by atoms with Gasteiger partial charge in [-0.2, -0.15) is 0 Å². The van der Waals surface area contributed by atoms with Gasteiger partial charge in [-0.25, -0.2) is 4.79 Å². The molecule has 0 unspecified atom stereocenters. The molecule has 5 heteroatoms. The van der Waals surface area contributed by atoms with Crippen LogP contribution in [0.3, 0.4) is 0 Å². The minimum Gasteiger partial charge on any atom is -0.444 e. The molecule has 0 N–H and O–H groups in total. The Morgan fingerprint density at radius 2 is 1.95 bits per heavy atom. The molecule has 0 saturated heterocycles. The van der Waals surface area contributed by atoms with Crippen molar-refractivity contribution < 1.29 is 9.53 Å². The van der Waals surface area contributed by atoms with Gasteiger partial charge in [0, 0.05) is 17.7 Å². The molecule has 0 bridgehead atoms. The molecule has 1 aromatic heterocycles. The fraction of sp³-hybridized carbons (Fsp3) is 0.571. The molecule has 0 aliphatic heterocycles. The second-order valence-electron chi connectivity index (χ2n) is 4.80. The maximum Gasteiger partial charge on any atom is 0.410 e. The van der Waals surface area contributed by atoms with E-state index in [9.17, 15) is 4.79 Å². The normalized spacial score (nSPS) is 10.3. The van der Waals surface area contributed by atoms with E-state index in [0.717, 1.165) is 10.2 Å². The number of pyridine rings is 1. The van der Waals surface area contributed by atoms with Crippen LogP contribution in [-0.2, 0) is 11.3 Å². The highest BCUT2D eigenvalue weighted by Gasteiger charge is 2.19. The van der Waals surface area contributed by atoms with Crippen LogP contribution in [0, 0.1) is 0 Å². The highest BCUT2D eigenvalue weighted by atomic mass is 79.9. The zero-order valence-corrected chi connectivity index (χ0v) is 14.1. The molecule has 0 saturated carbocycles. The molecule has 0 radical (unpaired) electrons. The summed E-state index contributed by atoms with van der Waals surface area (Å²) in [5.74, 6) is 0. The lowest BCUT2D eigenvalue weighted by Crippen LogP contribution is -2.33. The molecule has 1 amide bonds. The first-order chi connectivity index (χ1) is 8.78. The predicted octanol–water partition coefficient (Wildman–Crippen LogP) is 4.24. The van der Waals surface area contributed by atoms with E-state index in [2.05, 4.69) is 20.9 Å². The quantitative estimate of drug-likeness (QED) is 0.814. The maximum atomic E-state index is 11.7. The Kier molecular flexibility index (Phi) is 7.68. The van der Waals surface area contributed by atoms with Gasteiger partial charge in [0.2, 0.25) is 0 Å². The van der Waals surface area contributed by atoms with Gasteiger partial charge >= 0.3 is 6.09 Å². The van der Waals surface area contributed by atoms with E-state index in [1.54, 1.807) is 13.2 Å². The predicted molar refractivity (Wildman–Crippen MR) is 81.0 cm³/mol. The fourth-order valence-electron chi connectivity index (χ4n) is 1.15. The van der Waals surface area contributed by atoms with Crippen molar-refractivity contribution in [1.29, 1.82) is 0 Å². The number of carbonyl (C=O) groups is 1. The van der Waals surface area contributed by atoms with Crippen molar-refractivity contribution in [2.75, 3.05) is 7.05 Å². The van der Waals surface area contributed by atoms with E-state index >= 15 is 0 Å². The van der Waals surface area contributed by atoms with Gasteiger partial charge in [-0.15, -0.1) is 0 Å². The third-order valence-electron chi connectivity index (χ3n) is 1.89. The van der Waals surface area contributed by atoms with Gasteiger partial charge in [-0.3, -0.25) is 4.98 Å². The van der Waals surface area contributed by atoms with Crippen molar-refractivity contribution in [3.8, 4) is 0 Å². The van der Waals surface area contributed by atoms with Gasteiger partial charge in [0.15, 0.2) is 0 Å². The van der Waals surface area contributed by atoms with Crippen LogP contribution in [0.2, 0.25) is 0 Å². The molecular weight excluding hydrogens is 308 g/mol. The second kappa shape index (κ2) is 8.15. The Bertz CT molecular complexity index is 385. The minimum absolute atomic E-state index is 0.345. The van der Waals surface area contributed by atoms with E-state index in [1.165, 1.54) is 4.90 Å². The third kappa shape index (κ3) is 7.82. The van der Waals surface area contributed by atoms with Crippen LogP contribution in [0.4, 0.5) is 4.79 Å². The summed E-state index contributed by atoms with van der Waals surface area (Å²) in [5, 5.41) is 0. The number of halogens is 1. The number of nitrogens with zero attached hydrogens (tertiary/aromatic N) is 2. The van der Waals surface area contributed by atoms with Gasteiger partial charge in [-0.1, -0.05) is 13.8 Å². The summed E-state index contributed by atoms with van der Waals surface area (Å²) < 4.78 is 6.16. The summed E-state index contributed by atoms with van der Waals surface area (Å²) in [6, 6.07) is 3.76. The fourth-order valence-corrected chi connectivity index (χ4v) is 1.38. The van der Waals surface area contributed by atoms with E-state index in [1.807, 2.05) is 46.8 Å². The van der Waals surface area contributed by atoms with E-state index < -0.39 is 5.60 Å². The Labute approximate surface area is 124 Å². The molecule has 1 heterocycles. The average Bonchev–Trinajstić information content (AvgIpc) is 2.32. The van der Waals surface area contributed by atoms with E-state index in [0.29, 0.717) is 6.54 Å². The SMILES string of the molecule is CC.CN(Cc1ccc(Br)cn1)C(=O)OC(C)(C)C. The Morgan fingerprint density at radius 1 is 1.37 bits per heavy atom. The molecule has 0 aromatic carbocycles. The van der Waals surface area contributed by atoms with E-state index in [4.69, 9.17) is 4.74 Å². The second-order valence-corrected chi connectivity index (χ2v) is 5.72. The summed E-state index contributed by atoms with van der Waals surface area (Å²) in [6.07, 6.45) is 1.36. The van der Waals surface area contributed by atoms with Crippen LogP contribution in [-0.4, -0.2) is 28.6 Å². The molecule has 19 heavy (non-hydrogen) atoms. The van der Waals surface area contributed by atoms with Crippen LogP contribution in [0.1, 0.15) is 40.3 Å². The molecule has 1 rings (SSSR count). The Morgan fingerprint density at radius 3 is 2.37 bits per heavy atom. The molecule has 0 fully saturated rings. The number of amides is 1. The summed E-state index contributed by atoms with van der Waals surface area (Å²) >= 11 is 3.31. The topological polar surface area (TPSA) is 42.4 Å². The molecule has 0 atom stereocenters. The van der Waals surface area contributed by atoms with Crippen molar-refractivity contribution >= 4 is 22.0 Å². The summed E-state index contributed by atoms with van der Waals surface area (Å²) in [7, 11) is 1.69. The van der Waals surface area contributed by atoms with Crippen LogP contribution in [0.25, 0.3) is 0 Å². The Balaban J connectivity index is 0.00000154. The maximum absolute atomic E-state index is 11.7. The monoisotopic (exact) mass is 330 g/mol. The van der Waals surface area contributed by atoms with Crippen molar-refractivity contribution in [1.82, 2.24) is 9.88 Å². The number of hydrogen-bond acceptors (Lipinski definition) is 3. The van der Waals surface area contributed by atoms with Gasteiger partial charge in [0.1, 0.15) is 5.60 Å². The van der Waals surface area contributed by atoms with Gasteiger partial charge in [0.05, 0.1) is 12.2 Å².